The predicted octanol–water partition coefficient (Wildman–Crippen LogP) is 9.07. The molecule has 10 rings (SSSR count). The van der Waals surface area contributed by atoms with Gasteiger partial charge in [0.05, 0.1) is 73.5 Å². The van der Waals surface area contributed by atoms with Crippen LogP contribution in [0.5, 0.6) is 17.2 Å². The lowest BCUT2D eigenvalue weighted by Crippen LogP contribution is -2.34. The molecule has 0 bridgehead atoms. The lowest BCUT2D eigenvalue weighted by atomic mass is 9.93. The number of phenolic OH excluding ortho intramolecular Hbond substituents is 1. The van der Waals surface area contributed by atoms with Gasteiger partial charge in [-0.05, 0) is 150 Å². The Labute approximate surface area is 509 Å². The zero-order valence-electron chi connectivity index (χ0n) is 49.9. The van der Waals surface area contributed by atoms with E-state index < -0.39 is 51.5 Å². The third-order valence-corrected chi connectivity index (χ3v) is 15.6. The number of phenols is 1. The van der Waals surface area contributed by atoms with E-state index in [1.807, 2.05) is 123 Å². The van der Waals surface area contributed by atoms with Gasteiger partial charge in [-0.25, -0.2) is 11.0 Å². The fraction of sp³-hybridized carbons (Fsp3) is 0.373. The predicted molar refractivity (Wildman–Crippen MR) is 327 cm³/mol. The van der Waals surface area contributed by atoms with E-state index in [2.05, 4.69) is 25.8 Å². The molecular weight excluding hydrogens is 1110 g/mol. The van der Waals surface area contributed by atoms with Gasteiger partial charge >= 0.3 is 17.9 Å². The second kappa shape index (κ2) is 28.5. The van der Waals surface area contributed by atoms with Crippen LogP contribution in [0.25, 0.3) is 21.8 Å². The summed E-state index contributed by atoms with van der Waals surface area (Å²) in [6.45, 7) is 10.2. The van der Waals surface area contributed by atoms with Crippen molar-refractivity contribution in [1.29, 1.82) is 0 Å². The van der Waals surface area contributed by atoms with Gasteiger partial charge in [-0.3, -0.25) is 48.4 Å². The first-order valence-corrected chi connectivity index (χ1v) is 27.8. The second-order valence-electron chi connectivity index (χ2n) is 22.9. The Morgan fingerprint density at radius 3 is 1.33 bits per heavy atom. The molecule has 0 spiro atoms. The number of aryl methyl sites for hydroxylation is 2. The van der Waals surface area contributed by atoms with Crippen molar-refractivity contribution in [1.82, 2.24) is 20.9 Å². The number of ether oxygens (including phenoxy) is 5. The number of rotatable bonds is 20. The molecule has 87 heavy (non-hydrogen) atoms. The summed E-state index contributed by atoms with van der Waals surface area (Å²) in [5.74, 6) is -2.03. The van der Waals surface area contributed by atoms with Crippen LogP contribution < -0.4 is 26.2 Å². The molecule has 457 valence electrons. The SMILES string of the molecule is C.COC(=O)[C@@]1(Cc2ccc(O)cc2)CC1C(=O)OC(C)(C)C.CONC(=O)C1C[C@]1(Cc1ccc(OCc2cc(C)nc3ccccc23)cc1)C(=O)OC.CONC(=O)C1C[C@]1(Cc1ccc(OCc2cc(C)nc3ccccc23)cc1)C(N)=O.[B]. The Kier molecular flexibility index (Phi) is 22.1. The maximum Gasteiger partial charge on any atom is 0.313 e. The number of para-hydroxylation sites is 2. The van der Waals surface area contributed by atoms with E-state index in [1.54, 1.807) is 45.0 Å². The molecule has 5 N–H and O–H groups in total. The minimum absolute atomic E-state index is 0. The van der Waals surface area contributed by atoms with Crippen LogP contribution in [0, 0.1) is 47.8 Å². The molecule has 3 aliphatic carbocycles. The molecule has 0 aliphatic heterocycles. The number of aromatic nitrogens is 2. The number of amides is 3. The van der Waals surface area contributed by atoms with Crippen molar-refractivity contribution in [3.8, 4) is 17.2 Å². The summed E-state index contributed by atoms with van der Waals surface area (Å²) >= 11 is 0. The Morgan fingerprint density at radius 1 is 0.563 bits per heavy atom. The van der Waals surface area contributed by atoms with Crippen molar-refractivity contribution in [3.05, 3.63) is 173 Å². The summed E-state index contributed by atoms with van der Waals surface area (Å²) < 4.78 is 27.3. The van der Waals surface area contributed by atoms with Crippen LogP contribution in [0.4, 0.5) is 0 Å². The lowest BCUT2D eigenvalue weighted by Gasteiger charge is -2.21. The first kappa shape index (κ1) is 67.3. The zero-order chi connectivity index (χ0) is 61.3. The van der Waals surface area contributed by atoms with Crippen molar-refractivity contribution in [2.24, 2.45) is 39.7 Å². The number of nitrogens with one attached hydrogen (secondary N) is 2. The number of benzene rings is 5. The minimum atomic E-state index is -0.863. The number of esters is 3. The number of methoxy groups -OCH3 is 2. The summed E-state index contributed by atoms with van der Waals surface area (Å²) in [6.07, 6.45) is 2.49. The second-order valence-corrected chi connectivity index (χ2v) is 22.9. The Bertz CT molecular complexity index is 3580. The third-order valence-electron chi connectivity index (χ3n) is 15.6. The number of primary amides is 1. The number of nitrogens with two attached hydrogens (primary N) is 1. The van der Waals surface area contributed by atoms with Crippen molar-refractivity contribution < 1.29 is 67.2 Å². The van der Waals surface area contributed by atoms with Gasteiger partial charge in [-0.15, -0.1) is 0 Å². The van der Waals surface area contributed by atoms with E-state index in [0.717, 1.165) is 72.5 Å². The maximum absolute atomic E-state index is 12.4. The number of carbonyl (C=O) groups is 6. The van der Waals surface area contributed by atoms with Gasteiger partial charge in [-0.2, -0.15) is 0 Å². The molecule has 3 fully saturated rings. The summed E-state index contributed by atoms with van der Waals surface area (Å²) in [7, 11) is 5.40. The number of hydrogen-bond donors (Lipinski definition) is 4. The normalized spacial score (nSPS) is 20.2. The first-order chi connectivity index (χ1) is 40.6. The van der Waals surface area contributed by atoms with Gasteiger partial charge in [0.25, 0.3) is 0 Å². The largest absolute Gasteiger partial charge is 0.508 e. The van der Waals surface area contributed by atoms with Gasteiger partial charge in [0.15, 0.2) is 0 Å². The van der Waals surface area contributed by atoms with Crippen LogP contribution >= 0.6 is 0 Å². The topological polar surface area (TPSA) is 263 Å². The van der Waals surface area contributed by atoms with Crippen LogP contribution in [-0.2, 0) is 85.1 Å². The fourth-order valence-corrected chi connectivity index (χ4v) is 11.0. The highest BCUT2D eigenvalue weighted by molar-refractivity contribution is 5.95. The molecule has 3 amide bonds. The standard InChI is InChI=1S/C25H26N2O5.C24H25N3O4.C17H22O5.CH4.B/c1-16-12-18(20-6-4-5-7-22(20)26-16)15-32-19-10-8-17(9-11-19)13-25(24(29)30-2)14-21(25)23(28)27-31-3;1-15-11-17(19-5-3-4-6-21(19)26-15)14-31-18-9-7-16(8-10-18)12-24(23(25)29)13-20(24)22(28)27-30-2;1-16(2,3)22-14(19)13-10-17(13,15(20)21-4)9-11-5-7-12(18)8-6-11;;/h4-12,21H,13-15H2,1-3H3,(H,27,28);3-11,20H,12-14H2,1-2H3,(H2,25,29)(H,27,28);5-8,13,18H,9-10H2,1-4H3;1H4;/t21?,25-;20?,24-;13?,17-;;/m000../s1. The average molecular weight is 1190 g/mol. The molecule has 3 radical (unpaired) electrons. The lowest BCUT2D eigenvalue weighted by molar-refractivity contribution is -0.161. The minimum Gasteiger partial charge on any atom is -0.508 e. The van der Waals surface area contributed by atoms with E-state index in [9.17, 15) is 33.9 Å². The Balaban J connectivity index is 0.000000210. The third kappa shape index (κ3) is 16.2. The highest BCUT2D eigenvalue weighted by Crippen LogP contribution is 2.58. The Hall–Kier alpha value is -8.88. The molecule has 6 atom stereocenters. The number of nitrogens with zero attached hydrogens (tertiary/aromatic N) is 2. The van der Waals surface area contributed by atoms with E-state index in [4.69, 9.17) is 34.3 Å². The molecule has 3 saturated carbocycles. The summed E-state index contributed by atoms with van der Waals surface area (Å²) in [4.78, 5) is 91.5. The fourth-order valence-electron chi connectivity index (χ4n) is 11.0. The number of aromatic hydroxyl groups is 1. The van der Waals surface area contributed by atoms with E-state index in [0.29, 0.717) is 51.7 Å². The van der Waals surface area contributed by atoms with Crippen LogP contribution in [0.2, 0.25) is 0 Å². The summed E-state index contributed by atoms with van der Waals surface area (Å²) in [6, 6.07) is 41.8. The monoisotopic (exact) mass is 1190 g/mol. The number of hydrogen-bond acceptors (Lipinski definition) is 16. The molecule has 7 aromatic rings. The van der Waals surface area contributed by atoms with Crippen LogP contribution in [0.1, 0.15) is 86.7 Å². The maximum atomic E-state index is 12.4. The summed E-state index contributed by atoms with van der Waals surface area (Å²) in [5.41, 5.74) is 15.7. The molecule has 3 unspecified atom stereocenters. The molecule has 3 aliphatic rings. The molecule has 5 aromatic carbocycles. The highest BCUT2D eigenvalue weighted by Gasteiger charge is 2.66. The zero-order valence-corrected chi connectivity index (χ0v) is 49.9. The van der Waals surface area contributed by atoms with Gasteiger partial charge in [0, 0.05) is 41.7 Å². The molecule has 19 nitrogen and oxygen atoms in total. The van der Waals surface area contributed by atoms with Crippen LogP contribution in [-0.4, -0.2) is 93.2 Å². The van der Waals surface area contributed by atoms with Crippen LogP contribution in [0.3, 0.4) is 0 Å². The van der Waals surface area contributed by atoms with E-state index >= 15 is 0 Å². The summed E-state index contributed by atoms with van der Waals surface area (Å²) in [5, 5.41) is 11.5. The molecule has 2 aromatic heterocycles. The van der Waals surface area contributed by atoms with Gasteiger partial charge in [0.1, 0.15) is 36.1 Å². The molecule has 2 heterocycles. The number of pyridine rings is 2. The van der Waals surface area contributed by atoms with Gasteiger partial charge in [-0.1, -0.05) is 80.2 Å². The van der Waals surface area contributed by atoms with E-state index in [-0.39, 0.29) is 45.3 Å². The molecule has 20 heteroatoms. The van der Waals surface area contributed by atoms with Gasteiger partial charge < -0.3 is 34.5 Å². The van der Waals surface area contributed by atoms with Crippen LogP contribution in [0.15, 0.2) is 133 Å². The first-order valence-electron chi connectivity index (χ1n) is 27.8. The average Bonchev–Trinajstić information content (AvgIpc) is 1.61. The molecular formula is C67H77BN5O14. The van der Waals surface area contributed by atoms with Crippen molar-refractivity contribution >= 4 is 65.8 Å². The highest BCUT2D eigenvalue weighted by atomic mass is 16.6. The van der Waals surface area contributed by atoms with E-state index in [1.165, 1.54) is 28.4 Å². The van der Waals surface area contributed by atoms with Crippen molar-refractivity contribution in [2.75, 3.05) is 28.4 Å². The van der Waals surface area contributed by atoms with Crippen molar-refractivity contribution in [2.45, 2.75) is 99.4 Å². The quantitative estimate of drug-likeness (QED) is 0.0240. The van der Waals surface area contributed by atoms with Gasteiger partial charge in [0.2, 0.25) is 17.7 Å². The smallest absolute Gasteiger partial charge is 0.313 e. The number of fused-ring (bicyclic) bond motifs is 2. The van der Waals surface area contributed by atoms with Crippen molar-refractivity contribution in [3.63, 3.8) is 0 Å². The molecule has 0 saturated heterocycles. The number of hydroxylamine groups is 2. The Morgan fingerprint density at radius 2 is 0.931 bits per heavy atom. The number of carbonyl (C=O) groups excluding carboxylic acids is 6.